The third-order valence-electron chi connectivity index (χ3n) is 4.49. The number of aliphatic imine (C=N–C) groups is 1. The highest BCUT2D eigenvalue weighted by atomic mass is 16.4. The van der Waals surface area contributed by atoms with Gasteiger partial charge in [0.25, 0.3) is 0 Å². The van der Waals surface area contributed by atoms with Gasteiger partial charge in [-0.15, -0.1) is 0 Å². The number of guanidine groups is 1. The molecule has 1 rings (SSSR count). The van der Waals surface area contributed by atoms with Crippen molar-refractivity contribution in [3.8, 4) is 0 Å². The van der Waals surface area contributed by atoms with E-state index < -0.39 is 24.0 Å². The normalized spacial score (nSPS) is 16.8. The Balaban J connectivity index is 2.35. The van der Waals surface area contributed by atoms with Crippen molar-refractivity contribution in [3.63, 3.8) is 0 Å². The number of carboxylic acid groups (broad SMARTS) is 1. The Hall–Kier alpha value is -2.36. The Morgan fingerprint density at radius 3 is 2.41 bits per heavy atom. The molecule has 1 saturated carbocycles. The smallest absolute Gasteiger partial charge is 0.326 e. The number of aliphatic carboxylic acids is 1. The van der Waals surface area contributed by atoms with E-state index in [1.165, 1.54) is 13.3 Å². The van der Waals surface area contributed by atoms with Gasteiger partial charge in [0.05, 0.1) is 6.54 Å². The zero-order chi connectivity index (χ0) is 20.2. The van der Waals surface area contributed by atoms with E-state index in [4.69, 9.17) is 11.5 Å². The minimum atomic E-state index is -1.15. The van der Waals surface area contributed by atoms with Gasteiger partial charge in [-0.25, -0.2) is 4.79 Å². The highest BCUT2D eigenvalue weighted by Crippen LogP contribution is 2.16. The van der Waals surface area contributed by atoms with Crippen molar-refractivity contribution in [3.05, 3.63) is 0 Å². The molecule has 0 aromatic carbocycles. The molecule has 0 aromatic heterocycles. The van der Waals surface area contributed by atoms with E-state index in [-0.39, 0.29) is 31.4 Å². The van der Waals surface area contributed by atoms with Crippen LogP contribution < -0.4 is 27.4 Å². The van der Waals surface area contributed by atoms with Gasteiger partial charge in [0.15, 0.2) is 5.96 Å². The van der Waals surface area contributed by atoms with Gasteiger partial charge in [-0.2, -0.15) is 0 Å². The summed E-state index contributed by atoms with van der Waals surface area (Å²) in [5.41, 5.74) is 10.4. The molecule has 1 aliphatic rings. The number of carboxylic acids is 1. The molecule has 0 spiro atoms. The molecular weight excluding hydrogens is 352 g/mol. The molecule has 2 unspecified atom stereocenters. The standard InChI is InChI=1S/C17H32N6O4/c1-11(22-14(24)10-21-12-6-3-2-4-7-12)15(25)23-13(16(26)27)8-5-9-20-17(18)19/h11-13,21H,2-10H2,1H3,(H,22,24)(H,23,25)(H,26,27)(H4,18,19,20). The van der Waals surface area contributed by atoms with Crippen LogP contribution in [0.2, 0.25) is 0 Å². The number of rotatable bonds is 11. The number of hydrogen-bond acceptors (Lipinski definition) is 5. The van der Waals surface area contributed by atoms with Gasteiger partial charge >= 0.3 is 5.97 Å². The van der Waals surface area contributed by atoms with Gasteiger partial charge < -0.3 is 32.5 Å². The first-order valence-electron chi connectivity index (χ1n) is 9.41. The summed E-state index contributed by atoms with van der Waals surface area (Å²) >= 11 is 0. The van der Waals surface area contributed by atoms with E-state index in [2.05, 4.69) is 20.9 Å². The van der Waals surface area contributed by atoms with Crippen LogP contribution in [0, 0.1) is 0 Å². The fraction of sp³-hybridized carbons (Fsp3) is 0.765. The largest absolute Gasteiger partial charge is 0.480 e. The zero-order valence-corrected chi connectivity index (χ0v) is 15.9. The Morgan fingerprint density at radius 1 is 1.15 bits per heavy atom. The number of nitrogens with two attached hydrogens (primary N) is 2. The molecule has 10 heteroatoms. The summed E-state index contributed by atoms with van der Waals surface area (Å²) in [5, 5.41) is 17.4. The maximum Gasteiger partial charge on any atom is 0.326 e. The van der Waals surface area contributed by atoms with Crippen molar-refractivity contribution in [2.75, 3.05) is 13.1 Å². The number of carbonyl (C=O) groups excluding carboxylic acids is 2. The molecule has 1 fully saturated rings. The van der Waals surface area contributed by atoms with Crippen molar-refractivity contribution < 1.29 is 19.5 Å². The van der Waals surface area contributed by atoms with Gasteiger partial charge in [-0.1, -0.05) is 19.3 Å². The summed E-state index contributed by atoms with van der Waals surface area (Å²) in [6.07, 6.45) is 6.27. The fourth-order valence-corrected chi connectivity index (χ4v) is 2.96. The molecule has 2 amide bonds. The molecule has 0 saturated heterocycles. The van der Waals surface area contributed by atoms with Gasteiger partial charge in [0.1, 0.15) is 12.1 Å². The summed E-state index contributed by atoms with van der Waals surface area (Å²) < 4.78 is 0. The van der Waals surface area contributed by atoms with Crippen LogP contribution in [-0.2, 0) is 14.4 Å². The molecule has 27 heavy (non-hydrogen) atoms. The van der Waals surface area contributed by atoms with Crippen LogP contribution in [0.15, 0.2) is 4.99 Å². The molecule has 0 aliphatic heterocycles. The number of nitrogens with zero attached hydrogens (tertiary/aromatic N) is 1. The predicted molar refractivity (Wildman–Crippen MR) is 102 cm³/mol. The monoisotopic (exact) mass is 384 g/mol. The number of carbonyl (C=O) groups is 3. The van der Waals surface area contributed by atoms with Crippen LogP contribution >= 0.6 is 0 Å². The lowest BCUT2D eigenvalue weighted by Crippen LogP contribution is -2.52. The van der Waals surface area contributed by atoms with Crippen LogP contribution in [0.4, 0.5) is 0 Å². The van der Waals surface area contributed by atoms with Crippen LogP contribution in [0.1, 0.15) is 51.9 Å². The van der Waals surface area contributed by atoms with E-state index in [9.17, 15) is 19.5 Å². The molecule has 0 heterocycles. The Bertz CT molecular complexity index is 530. The molecule has 2 atom stereocenters. The minimum absolute atomic E-state index is 0.0657. The SMILES string of the molecule is CC(NC(=O)CNC1CCCCC1)C(=O)NC(CCCN=C(N)N)C(=O)O. The topological polar surface area (TPSA) is 172 Å². The van der Waals surface area contributed by atoms with Crippen molar-refractivity contribution in [1.29, 1.82) is 0 Å². The lowest BCUT2D eigenvalue weighted by atomic mass is 9.95. The third-order valence-corrected chi connectivity index (χ3v) is 4.49. The molecule has 8 N–H and O–H groups in total. The molecular formula is C17H32N6O4. The van der Waals surface area contributed by atoms with Gasteiger partial charge in [-0.3, -0.25) is 14.6 Å². The molecule has 0 aromatic rings. The van der Waals surface area contributed by atoms with Crippen molar-refractivity contribution in [2.24, 2.45) is 16.5 Å². The van der Waals surface area contributed by atoms with Crippen molar-refractivity contribution in [1.82, 2.24) is 16.0 Å². The fourth-order valence-electron chi connectivity index (χ4n) is 2.96. The van der Waals surface area contributed by atoms with Crippen LogP contribution in [0.5, 0.6) is 0 Å². The van der Waals surface area contributed by atoms with E-state index in [0.29, 0.717) is 12.5 Å². The average Bonchev–Trinajstić information content (AvgIpc) is 2.62. The van der Waals surface area contributed by atoms with E-state index in [1.54, 1.807) is 0 Å². The first-order chi connectivity index (χ1) is 12.8. The second-order valence-corrected chi connectivity index (χ2v) is 6.85. The highest BCUT2D eigenvalue weighted by molar-refractivity contribution is 5.90. The summed E-state index contributed by atoms with van der Waals surface area (Å²) in [5.74, 6) is -2.05. The average molecular weight is 384 g/mol. The van der Waals surface area contributed by atoms with Crippen LogP contribution in [0.25, 0.3) is 0 Å². The highest BCUT2D eigenvalue weighted by Gasteiger charge is 2.23. The van der Waals surface area contributed by atoms with Gasteiger partial charge in [0, 0.05) is 12.6 Å². The van der Waals surface area contributed by atoms with Gasteiger partial charge in [-0.05, 0) is 32.6 Å². The first kappa shape index (κ1) is 22.7. The number of hydrogen-bond donors (Lipinski definition) is 6. The second kappa shape index (κ2) is 12.1. The molecule has 0 bridgehead atoms. The maximum absolute atomic E-state index is 12.2. The molecule has 1 aliphatic carbocycles. The third kappa shape index (κ3) is 9.78. The Labute approximate surface area is 159 Å². The quantitative estimate of drug-likeness (QED) is 0.151. The summed E-state index contributed by atoms with van der Waals surface area (Å²) in [6.45, 7) is 1.94. The van der Waals surface area contributed by atoms with E-state index in [1.807, 2.05) is 0 Å². The van der Waals surface area contributed by atoms with Crippen molar-refractivity contribution >= 4 is 23.7 Å². The van der Waals surface area contributed by atoms with Crippen LogP contribution in [-0.4, -0.2) is 60.1 Å². The molecule has 154 valence electrons. The van der Waals surface area contributed by atoms with E-state index in [0.717, 1.165) is 25.7 Å². The van der Waals surface area contributed by atoms with Crippen molar-refractivity contribution in [2.45, 2.75) is 70.0 Å². The molecule has 10 nitrogen and oxygen atoms in total. The van der Waals surface area contributed by atoms with Crippen LogP contribution in [0.3, 0.4) is 0 Å². The van der Waals surface area contributed by atoms with Gasteiger partial charge in [0.2, 0.25) is 11.8 Å². The minimum Gasteiger partial charge on any atom is -0.480 e. The Morgan fingerprint density at radius 2 is 1.81 bits per heavy atom. The summed E-state index contributed by atoms with van der Waals surface area (Å²) in [6, 6.07) is -1.55. The maximum atomic E-state index is 12.2. The summed E-state index contributed by atoms with van der Waals surface area (Å²) in [4.78, 5) is 39.2. The lowest BCUT2D eigenvalue weighted by Gasteiger charge is -2.23. The predicted octanol–water partition coefficient (Wildman–Crippen LogP) is -0.964. The molecule has 0 radical (unpaired) electrons. The van der Waals surface area contributed by atoms with E-state index >= 15 is 0 Å². The summed E-state index contributed by atoms with van der Waals surface area (Å²) in [7, 11) is 0. The zero-order valence-electron chi connectivity index (χ0n) is 15.9. The second-order valence-electron chi connectivity index (χ2n) is 6.85. The number of amides is 2. The lowest BCUT2D eigenvalue weighted by molar-refractivity contribution is -0.142. The Kier molecular flexibility index (Phi) is 10.2. The first-order valence-corrected chi connectivity index (χ1v) is 9.41. The number of nitrogens with one attached hydrogen (secondary N) is 3.